The Kier molecular flexibility index (Phi) is 3.30. The van der Waals surface area contributed by atoms with Gasteiger partial charge in [0.25, 0.3) is 0 Å². The zero-order chi connectivity index (χ0) is 9.10. The molecule has 72 valence electrons. The first kappa shape index (κ1) is 9.56. The number of rotatable bonds is 2. The summed E-state index contributed by atoms with van der Waals surface area (Å²) in [5.74, 6) is 2.51. The highest BCUT2D eigenvalue weighted by atomic mass is 32.2. The molecule has 1 unspecified atom stereocenters. The second-order valence-electron chi connectivity index (χ2n) is 3.24. The predicted molar refractivity (Wildman–Crippen MR) is 61.8 cm³/mol. The lowest BCUT2D eigenvalue weighted by molar-refractivity contribution is 0.604. The van der Waals surface area contributed by atoms with E-state index >= 15 is 0 Å². The topological polar surface area (TPSA) is 12.0 Å². The molecule has 1 N–H and O–H groups in total. The van der Waals surface area contributed by atoms with E-state index in [0.29, 0.717) is 6.04 Å². The van der Waals surface area contributed by atoms with Gasteiger partial charge in [0.1, 0.15) is 0 Å². The average molecular weight is 213 g/mol. The van der Waals surface area contributed by atoms with E-state index in [0.717, 1.165) is 6.54 Å². The Morgan fingerprint density at radius 3 is 3.08 bits per heavy atom. The summed E-state index contributed by atoms with van der Waals surface area (Å²) in [6, 6.07) is 5.16. The van der Waals surface area contributed by atoms with Crippen molar-refractivity contribution in [2.45, 2.75) is 19.4 Å². The van der Waals surface area contributed by atoms with Crippen molar-refractivity contribution >= 4 is 23.1 Å². The van der Waals surface area contributed by atoms with Crippen molar-refractivity contribution in [3.05, 3.63) is 21.9 Å². The summed E-state index contributed by atoms with van der Waals surface area (Å²) >= 11 is 4.02. The van der Waals surface area contributed by atoms with E-state index in [9.17, 15) is 0 Å². The maximum atomic E-state index is 3.56. The molecule has 2 rings (SSSR count). The van der Waals surface area contributed by atoms with Gasteiger partial charge in [0.05, 0.1) is 6.04 Å². The molecule has 1 fully saturated rings. The minimum absolute atomic E-state index is 0.615. The van der Waals surface area contributed by atoms with Crippen molar-refractivity contribution in [2.24, 2.45) is 0 Å². The monoisotopic (exact) mass is 213 g/mol. The molecule has 1 aromatic rings. The van der Waals surface area contributed by atoms with Gasteiger partial charge in [-0.2, -0.15) is 11.8 Å². The zero-order valence-electron chi connectivity index (χ0n) is 7.88. The van der Waals surface area contributed by atoms with E-state index < -0.39 is 0 Å². The summed E-state index contributed by atoms with van der Waals surface area (Å²) in [6.07, 6.45) is 1.17. The van der Waals surface area contributed by atoms with Crippen LogP contribution in [0.1, 0.15) is 22.7 Å². The Labute approximate surface area is 87.9 Å². The molecule has 0 aromatic carbocycles. The molecular weight excluding hydrogens is 198 g/mol. The molecule has 1 nitrogen and oxygen atoms in total. The summed E-state index contributed by atoms with van der Waals surface area (Å²) in [6.45, 7) is 3.38. The first-order valence-electron chi connectivity index (χ1n) is 4.80. The number of thiophene rings is 1. The number of nitrogens with one attached hydrogen (secondary N) is 1. The molecule has 2 heterocycles. The number of hydrogen-bond donors (Lipinski definition) is 1. The standard InChI is InChI=1S/C10H15NS2/c1-2-8-3-4-10(13-8)9-7-12-6-5-11-9/h3-4,9,11H,2,5-7H2,1H3. The number of aryl methyl sites for hydroxylation is 1. The van der Waals surface area contributed by atoms with E-state index in [1.54, 1.807) is 0 Å². The third kappa shape index (κ3) is 2.27. The highest BCUT2D eigenvalue weighted by Crippen LogP contribution is 2.28. The summed E-state index contributed by atoms with van der Waals surface area (Å²) < 4.78 is 0. The lowest BCUT2D eigenvalue weighted by Gasteiger charge is -2.21. The molecule has 0 aliphatic carbocycles. The Balaban J connectivity index is 2.05. The summed E-state index contributed by atoms with van der Waals surface area (Å²) in [5.41, 5.74) is 0. The number of hydrogen-bond acceptors (Lipinski definition) is 3. The summed E-state index contributed by atoms with van der Waals surface area (Å²) in [5, 5.41) is 3.56. The Bertz CT molecular complexity index is 264. The predicted octanol–water partition coefficient (Wildman–Crippen LogP) is 2.69. The fraction of sp³-hybridized carbons (Fsp3) is 0.600. The van der Waals surface area contributed by atoms with Crippen LogP contribution in [0.15, 0.2) is 12.1 Å². The first-order valence-corrected chi connectivity index (χ1v) is 6.77. The van der Waals surface area contributed by atoms with Gasteiger partial charge in [-0.3, -0.25) is 0 Å². The maximum Gasteiger partial charge on any atom is 0.0507 e. The van der Waals surface area contributed by atoms with Crippen LogP contribution in [0, 0.1) is 0 Å². The molecule has 0 bridgehead atoms. The van der Waals surface area contributed by atoms with Gasteiger partial charge >= 0.3 is 0 Å². The second kappa shape index (κ2) is 4.49. The molecule has 0 radical (unpaired) electrons. The van der Waals surface area contributed by atoms with Gasteiger partial charge in [0, 0.05) is 27.8 Å². The second-order valence-corrected chi connectivity index (χ2v) is 5.59. The lowest BCUT2D eigenvalue weighted by atomic mass is 10.2. The molecule has 0 spiro atoms. The van der Waals surface area contributed by atoms with Crippen molar-refractivity contribution in [1.82, 2.24) is 5.32 Å². The van der Waals surface area contributed by atoms with E-state index in [2.05, 4.69) is 36.1 Å². The molecule has 0 saturated carbocycles. The smallest absolute Gasteiger partial charge is 0.0507 e. The quantitative estimate of drug-likeness (QED) is 0.810. The van der Waals surface area contributed by atoms with Gasteiger partial charge in [-0.1, -0.05) is 6.92 Å². The Morgan fingerprint density at radius 2 is 2.46 bits per heavy atom. The zero-order valence-corrected chi connectivity index (χ0v) is 9.51. The van der Waals surface area contributed by atoms with Crippen LogP contribution in [0.2, 0.25) is 0 Å². The van der Waals surface area contributed by atoms with Crippen molar-refractivity contribution in [1.29, 1.82) is 0 Å². The van der Waals surface area contributed by atoms with Gasteiger partial charge < -0.3 is 5.32 Å². The van der Waals surface area contributed by atoms with E-state index in [4.69, 9.17) is 0 Å². The third-order valence-corrected chi connectivity index (χ3v) is 4.70. The van der Waals surface area contributed by atoms with Gasteiger partial charge in [-0.05, 0) is 18.6 Å². The van der Waals surface area contributed by atoms with Crippen molar-refractivity contribution in [3.8, 4) is 0 Å². The molecule has 3 heteroatoms. The van der Waals surface area contributed by atoms with E-state index in [-0.39, 0.29) is 0 Å². The molecule has 1 aliphatic heterocycles. The van der Waals surface area contributed by atoms with Gasteiger partial charge in [-0.15, -0.1) is 11.3 Å². The van der Waals surface area contributed by atoms with Crippen LogP contribution in [0.3, 0.4) is 0 Å². The fourth-order valence-electron chi connectivity index (χ4n) is 1.52. The molecule has 1 aliphatic rings. The normalized spacial score (nSPS) is 23.3. The lowest BCUT2D eigenvalue weighted by Crippen LogP contribution is -2.29. The largest absolute Gasteiger partial charge is 0.308 e. The van der Waals surface area contributed by atoms with Crippen LogP contribution in [0.5, 0.6) is 0 Å². The van der Waals surface area contributed by atoms with Crippen molar-refractivity contribution in [3.63, 3.8) is 0 Å². The van der Waals surface area contributed by atoms with Gasteiger partial charge in [0.2, 0.25) is 0 Å². The van der Waals surface area contributed by atoms with Crippen LogP contribution in [-0.2, 0) is 6.42 Å². The average Bonchev–Trinajstić information content (AvgIpc) is 2.67. The van der Waals surface area contributed by atoms with Crippen LogP contribution >= 0.6 is 23.1 Å². The van der Waals surface area contributed by atoms with Gasteiger partial charge in [0.15, 0.2) is 0 Å². The Hall–Kier alpha value is 0.01000. The molecule has 0 amide bonds. The first-order chi connectivity index (χ1) is 6.40. The van der Waals surface area contributed by atoms with Crippen LogP contribution in [0.25, 0.3) is 0 Å². The maximum absolute atomic E-state index is 3.56. The third-order valence-electron chi connectivity index (χ3n) is 2.30. The van der Waals surface area contributed by atoms with E-state index in [1.165, 1.54) is 27.7 Å². The van der Waals surface area contributed by atoms with E-state index in [1.807, 2.05) is 11.3 Å². The Morgan fingerprint density at radius 1 is 1.54 bits per heavy atom. The van der Waals surface area contributed by atoms with Crippen LogP contribution in [-0.4, -0.2) is 18.1 Å². The minimum atomic E-state index is 0.615. The molecular formula is C10H15NS2. The van der Waals surface area contributed by atoms with Crippen molar-refractivity contribution < 1.29 is 0 Å². The highest BCUT2D eigenvalue weighted by Gasteiger charge is 2.16. The van der Waals surface area contributed by atoms with Crippen LogP contribution < -0.4 is 5.32 Å². The fourth-order valence-corrected chi connectivity index (χ4v) is 3.62. The summed E-state index contributed by atoms with van der Waals surface area (Å²) in [7, 11) is 0. The molecule has 1 atom stereocenters. The summed E-state index contributed by atoms with van der Waals surface area (Å²) in [4.78, 5) is 3.02. The number of thioether (sulfide) groups is 1. The molecule has 13 heavy (non-hydrogen) atoms. The SMILES string of the molecule is CCc1ccc(C2CSCCN2)s1. The molecule has 1 aromatic heterocycles. The minimum Gasteiger partial charge on any atom is -0.308 e. The van der Waals surface area contributed by atoms with Crippen molar-refractivity contribution in [2.75, 3.05) is 18.1 Å². The molecule has 1 saturated heterocycles. The van der Waals surface area contributed by atoms with Gasteiger partial charge in [-0.25, -0.2) is 0 Å². The highest BCUT2D eigenvalue weighted by molar-refractivity contribution is 7.99. The van der Waals surface area contributed by atoms with Crippen LogP contribution in [0.4, 0.5) is 0 Å².